The minimum atomic E-state index is -0.164. The first kappa shape index (κ1) is 16.9. The van der Waals surface area contributed by atoms with Crippen molar-refractivity contribution in [3.05, 3.63) is 47.8 Å². The Morgan fingerprint density at radius 1 is 1.16 bits per heavy atom. The Morgan fingerprint density at radius 3 is 2.72 bits per heavy atom. The van der Waals surface area contributed by atoms with Gasteiger partial charge in [-0.05, 0) is 37.1 Å². The van der Waals surface area contributed by atoms with E-state index in [1.54, 1.807) is 30.5 Å². The van der Waals surface area contributed by atoms with Gasteiger partial charge in [-0.3, -0.25) is 4.79 Å². The van der Waals surface area contributed by atoms with E-state index in [0.717, 1.165) is 25.7 Å². The molecule has 1 aliphatic rings. The monoisotopic (exact) mass is 335 g/mol. The number of nitrogens with one attached hydrogen (secondary N) is 2. The van der Waals surface area contributed by atoms with Gasteiger partial charge in [0, 0.05) is 17.9 Å². The third-order valence-electron chi connectivity index (χ3n) is 4.33. The standard InChI is InChI=1S/C19H21N5O/c20-13-14-6-5-9-16(12-14)23-19-21-11-10-17(24-19)18(25)22-15-7-3-1-2-4-8-15/h5-6,9-12,15H,1-4,7-8H2,(H,22,25)(H,21,23,24). The Morgan fingerprint density at radius 2 is 1.96 bits per heavy atom. The zero-order valence-corrected chi connectivity index (χ0v) is 14.0. The Hall–Kier alpha value is -2.94. The van der Waals surface area contributed by atoms with Crippen LogP contribution in [0, 0.1) is 11.3 Å². The van der Waals surface area contributed by atoms with Crippen LogP contribution in [0.5, 0.6) is 0 Å². The van der Waals surface area contributed by atoms with E-state index in [-0.39, 0.29) is 11.9 Å². The Bertz CT molecular complexity index is 775. The van der Waals surface area contributed by atoms with E-state index in [1.807, 2.05) is 6.07 Å². The summed E-state index contributed by atoms with van der Waals surface area (Å²) in [5, 5.41) is 15.1. The number of nitriles is 1. The Labute approximate surface area is 147 Å². The molecule has 0 atom stereocenters. The van der Waals surface area contributed by atoms with Crippen LogP contribution in [0.15, 0.2) is 36.5 Å². The SMILES string of the molecule is N#Cc1cccc(Nc2nccc(C(=O)NC3CCCCCC3)n2)c1. The lowest BCUT2D eigenvalue weighted by molar-refractivity contribution is 0.0928. The van der Waals surface area contributed by atoms with Crippen molar-refractivity contribution in [2.75, 3.05) is 5.32 Å². The van der Waals surface area contributed by atoms with E-state index in [2.05, 4.69) is 26.7 Å². The fraction of sp³-hybridized carbons (Fsp3) is 0.368. The number of aromatic nitrogens is 2. The molecule has 1 aromatic heterocycles. The molecule has 1 amide bonds. The Kier molecular flexibility index (Phi) is 5.57. The topological polar surface area (TPSA) is 90.7 Å². The number of carbonyl (C=O) groups excluding carboxylic acids is 1. The summed E-state index contributed by atoms with van der Waals surface area (Å²) in [5.41, 5.74) is 1.60. The van der Waals surface area contributed by atoms with Crippen molar-refractivity contribution in [2.45, 2.75) is 44.6 Å². The summed E-state index contributed by atoms with van der Waals surface area (Å²) in [6.07, 6.45) is 8.44. The second-order valence-corrected chi connectivity index (χ2v) is 6.25. The smallest absolute Gasteiger partial charge is 0.270 e. The first-order chi connectivity index (χ1) is 12.2. The number of anilines is 2. The van der Waals surface area contributed by atoms with Gasteiger partial charge in [0.15, 0.2) is 0 Å². The minimum absolute atomic E-state index is 0.164. The molecule has 0 unspecified atom stereocenters. The van der Waals surface area contributed by atoms with Crippen LogP contribution in [0.25, 0.3) is 0 Å². The molecule has 0 bridgehead atoms. The van der Waals surface area contributed by atoms with Crippen LogP contribution in [-0.2, 0) is 0 Å². The third kappa shape index (κ3) is 4.77. The molecule has 128 valence electrons. The molecule has 0 spiro atoms. The highest BCUT2D eigenvalue weighted by Crippen LogP contribution is 2.18. The molecule has 6 heteroatoms. The van der Waals surface area contributed by atoms with Crippen molar-refractivity contribution in [3.63, 3.8) is 0 Å². The molecule has 0 aliphatic heterocycles. The predicted octanol–water partition coefficient (Wildman–Crippen LogP) is 3.54. The number of benzene rings is 1. The van der Waals surface area contributed by atoms with Gasteiger partial charge in [0.2, 0.25) is 5.95 Å². The third-order valence-corrected chi connectivity index (χ3v) is 4.33. The molecule has 1 aromatic carbocycles. The zero-order valence-electron chi connectivity index (χ0n) is 14.0. The first-order valence-electron chi connectivity index (χ1n) is 8.66. The average Bonchev–Trinajstić information content (AvgIpc) is 2.91. The summed E-state index contributed by atoms with van der Waals surface area (Å²) in [6, 6.07) is 11.0. The van der Waals surface area contributed by atoms with Gasteiger partial charge in [-0.1, -0.05) is 31.7 Å². The second-order valence-electron chi connectivity index (χ2n) is 6.25. The number of hydrogen-bond donors (Lipinski definition) is 2. The molecular formula is C19H21N5O. The van der Waals surface area contributed by atoms with Crippen LogP contribution in [0.1, 0.15) is 54.6 Å². The second kappa shape index (κ2) is 8.25. The molecule has 2 N–H and O–H groups in total. The van der Waals surface area contributed by atoms with Crippen LogP contribution >= 0.6 is 0 Å². The van der Waals surface area contributed by atoms with Gasteiger partial charge in [0.1, 0.15) is 5.69 Å². The molecule has 1 saturated carbocycles. The molecule has 25 heavy (non-hydrogen) atoms. The van der Waals surface area contributed by atoms with Crippen molar-refractivity contribution < 1.29 is 4.79 Å². The number of hydrogen-bond acceptors (Lipinski definition) is 5. The summed E-state index contributed by atoms with van der Waals surface area (Å²) < 4.78 is 0. The molecule has 1 aliphatic carbocycles. The maximum absolute atomic E-state index is 12.5. The summed E-state index contributed by atoms with van der Waals surface area (Å²) >= 11 is 0. The van der Waals surface area contributed by atoms with Gasteiger partial charge in [0.25, 0.3) is 5.91 Å². The summed E-state index contributed by atoms with van der Waals surface area (Å²) in [6.45, 7) is 0. The number of amides is 1. The molecule has 0 saturated heterocycles. The van der Waals surface area contributed by atoms with E-state index < -0.39 is 0 Å². The largest absolute Gasteiger partial charge is 0.348 e. The highest BCUT2D eigenvalue weighted by atomic mass is 16.1. The van der Waals surface area contributed by atoms with E-state index >= 15 is 0 Å². The molecule has 1 heterocycles. The quantitative estimate of drug-likeness (QED) is 0.834. The Balaban J connectivity index is 1.68. The van der Waals surface area contributed by atoms with Crippen molar-refractivity contribution >= 4 is 17.5 Å². The highest BCUT2D eigenvalue weighted by Gasteiger charge is 2.17. The van der Waals surface area contributed by atoms with Crippen molar-refractivity contribution in [1.29, 1.82) is 5.26 Å². The average molecular weight is 335 g/mol. The van der Waals surface area contributed by atoms with Gasteiger partial charge in [0.05, 0.1) is 11.6 Å². The fourth-order valence-corrected chi connectivity index (χ4v) is 3.02. The fourth-order valence-electron chi connectivity index (χ4n) is 3.02. The molecule has 0 radical (unpaired) electrons. The van der Waals surface area contributed by atoms with Crippen molar-refractivity contribution in [3.8, 4) is 6.07 Å². The van der Waals surface area contributed by atoms with Gasteiger partial charge in [-0.15, -0.1) is 0 Å². The first-order valence-corrected chi connectivity index (χ1v) is 8.66. The van der Waals surface area contributed by atoms with Crippen molar-refractivity contribution in [1.82, 2.24) is 15.3 Å². The summed E-state index contributed by atoms with van der Waals surface area (Å²) in [4.78, 5) is 20.9. The van der Waals surface area contributed by atoms with Gasteiger partial charge in [-0.25, -0.2) is 9.97 Å². The maximum atomic E-state index is 12.5. The van der Waals surface area contributed by atoms with Crippen molar-refractivity contribution in [2.24, 2.45) is 0 Å². The lowest BCUT2D eigenvalue weighted by Crippen LogP contribution is -2.35. The normalized spacial score (nSPS) is 15.0. The highest BCUT2D eigenvalue weighted by molar-refractivity contribution is 5.92. The minimum Gasteiger partial charge on any atom is -0.348 e. The predicted molar refractivity (Wildman–Crippen MR) is 95.4 cm³/mol. The molecule has 1 fully saturated rings. The van der Waals surface area contributed by atoms with Crippen LogP contribution in [-0.4, -0.2) is 21.9 Å². The van der Waals surface area contributed by atoms with Gasteiger partial charge < -0.3 is 10.6 Å². The van der Waals surface area contributed by atoms with Crippen LogP contribution < -0.4 is 10.6 Å². The lowest BCUT2D eigenvalue weighted by Gasteiger charge is -2.16. The van der Waals surface area contributed by atoms with Gasteiger partial charge in [-0.2, -0.15) is 5.26 Å². The molecule has 2 aromatic rings. The van der Waals surface area contributed by atoms with E-state index in [1.165, 1.54) is 12.8 Å². The molecule has 3 rings (SSSR count). The van der Waals surface area contributed by atoms with Crippen LogP contribution in [0.2, 0.25) is 0 Å². The summed E-state index contributed by atoms with van der Waals surface area (Å²) in [5.74, 6) is 0.173. The number of rotatable bonds is 4. The van der Waals surface area contributed by atoms with E-state index in [0.29, 0.717) is 22.9 Å². The maximum Gasteiger partial charge on any atom is 0.270 e. The van der Waals surface area contributed by atoms with Crippen LogP contribution in [0.3, 0.4) is 0 Å². The molecular weight excluding hydrogens is 314 g/mol. The number of carbonyl (C=O) groups is 1. The zero-order chi connectivity index (χ0) is 17.5. The number of nitrogens with zero attached hydrogens (tertiary/aromatic N) is 3. The van der Waals surface area contributed by atoms with E-state index in [9.17, 15) is 4.79 Å². The lowest BCUT2D eigenvalue weighted by atomic mass is 10.1. The van der Waals surface area contributed by atoms with Gasteiger partial charge >= 0.3 is 0 Å². The summed E-state index contributed by atoms with van der Waals surface area (Å²) in [7, 11) is 0. The van der Waals surface area contributed by atoms with E-state index in [4.69, 9.17) is 5.26 Å². The molecule has 6 nitrogen and oxygen atoms in total. The van der Waals surface area contributed by atoms with Crippen LogP contribution in [0.4, 0.5) is 11.6 Å².